The number of carbonyl (C=O) groups is 3. The molecule has 1 N–H and O–H groups in total. The minimum atomic E-state index is -0.498. The Bertz CT molecular complexity index is 626. The number of carbonyl (C=O) groups excluding carboxylic acids is 3. The van der Waals surface area contributed by atoms with Crippen molar-refractivity contribution in [3.8, 4) is 0 Å². The predicted molar refractivity (Wildman–Crippen MR) is 81.1 cm³/mol. The van der Waals surface area contributed by atoms with Gasteiger partial charge in [0.05, 0.1) is 5.92 Å². The van der Waals surface area contributed by atoms with Crippen LogP contribution in [0.2, 0.25) is 5.02 Å². The highest BCUT2D eigenvalue weighted by molar-refractivity contribution is 6.31. The summed E-state index contributed by atoms with van der Waals surface area (Å²) in [7, 11) is 0. The first-order valence-corrected chi connectivity index (χ1v) is 7.75. The van der Waals surface area contributed by atoms with Crippen LogP contribution in [0.15, 0.2) is 24.3 Å². The van der Waals surface area contributed by atoms with E-state index in [1.54, 1.807) is 4.90 Å². The molecule has 2 saturated heterocycles. The van der Waals surface area contributed by atoms with E-state index in [1.165, 1.54) is 0 Å². The second kappa shape index (κ2) is 6.08. The molecule has 0 aromatic heterocycles. The summed E-state index contributed by atoms with van der Waals surface area (Å²) in [6.07, 6.45) is 1.10. The zero-order chi connectivity index (χ0) is 15.7. The van der Waals surface area contributed by atoms with E-state index in [9.17, 15) is 14.4 Å². The summed E-state index contributed by atoms with van der Waals surface area (Å²) in [5.41, 5.74) is 1.10. The lowest BCUT2D eigenvalue weighted by Crippen LogP contribution is -2.51. The molecule has 1 unspecified atom stereocenters. The number of hydrogen-bond acceptors (Lipinski definition) is 3. The number of benzene rings is 1. The summed E-state index contributed by atoms with van der Waals surface area (Å²) < 4.78 is 0. The molecule has 0 radical (unpaired) electrons. The smallest absolute Gasteiger partial charge is 0.230 e. The Hall–Kier alpha value is -1.88. The number of hydrogen-bond donors (Lipinski definition) is 1. The second-order valence-electron chi connectivity index (χ2n) is 5.98. The molecule has 0 saturated carbocycles. The molecule has 1 atom stereocenters. The third-order valence-corrected chi connectivity index (χ3v) is 4.63. The SMILES string of the molecule is O=C1CC(CC(=O)N2CC(Cc3ccccc3Cl)C2)C(=O)N1. The largest absolute Gasteiger partial charge is 0.342 e. The van der Waals surface area contributed by atoms with E-state index in [-0.39, 0.29) is 30.6 Å². The van der Waals surface area contributed by atoms with E-state index < -0.39 is 5.92 Å². The first kappa shape index (κ1) is 15.0. The fraction of sp³-hybridized carbons (Fsp3) is 0.438. The molecule has 2 fully saturated rings. The van der Waals surface area contributed by atoms with Crippen LogP contribution >= 0.6 is 11.6 Å². The predicted octanol–water partition coefficient (Wildman–Crippen LogP) is 1.39. The van der Waals surface area contributed by atoms with Crippen molar-refractivity contribution in [1.82, 2.24) is 10.2 Å². The molecule has 2 aliphatic heterocycles. The lowest BCUT2D eigenvalue weighted by molar-refractivity contribution is -0.140. The van der Waals surface area contributed by atoms with Crippen molar-refractivity contribution in [2.24, 2.45) is 11.8 Å². The first-order chi connectivity index (χ1) is 10.5. The molecular weight excluding hydrogens is 304 g/mol. The van der Waals surface area contributed by atoms with Crippen molar-refractivity contribution >= 4 is 29.3 Å². The quantitative estimate of drug-likeness (QED) is 0.853. The highest BCUT2D eigenvalue weighted by atomic mass is 35.5. The molecule has 116 valence electrons. The third-order valence-electron chi connectivity index (χ3n) is 4.26. The molecule has 2 aliphatic rings. The van der Waals surface area contributed by atoms with E-state index in [0.29, 0.717) is 19.0 Å². The summed E-state index contributed by atoms with van der Waals surface area (Å²) >= 11 is 6.13. The van der Waals surface area contributed by atoms with Gasteiger partial charge in [0.25, 0.3) is 0 Å². The second-order valence-corrected chi connectivity index (χ2v) is 6.39. The van der Waals surface area contributed by atoms with E-state index in [4.69, 9.17) is 11.6 Å². The molecule has 0 aliphatic carbocycles. The molecule has 3 amide bonds. The number of nitrogens with zero attached hydrogens (tertiary/aromatic N) is 1. The zero-order valence-corrected chi connectivity index (χ0v) is 12.8. The Labute approximate surface area is 133 Å². The molecule has 0 bridgehead atoms. The van der Waals surface area contributed by atoms with Gasteiger partial charge >= 0.3 is 0 Å². The van der Waals surface area contributed by atoms with Crippen LogP contribution in [0, 0.1) is 11.8 Å². The average Bonchev–Trinajstić information content (AvgIpc) is 2.73. The number of nitrogens with one attached hydrogen (secondary N) is 1. The molecule has 1 aromatic carbocycles. The number of amides is 3. The van der Waals surface area contributed by atoms with Crippen molar-refractivity contribution in [2.75, 3.05) is 13.1 Å². The molecule has 5 nitrogen and oxygen atoms in total. The van der Waals surface area contributed by atoms with Crippen molar-refractivity contribution in [3.05, 3.63) is 34.9 Å². The van der Waals surface area contributed by atoms with Gasteiger partial charge in [-0.25, -0.2) is 0 Å². The summed E-state index contributed by atoms with van der Waals surface area (Å²) in [4.78, 5) is 36.4. The maximum atomic E-state index is 12.1. The van der Waals surface area contributed by atoms with Crippen LogP contribution in [0.25, 0.3) is 0 Å². The van der Waals surface area contributed by atoms with E-state index in [2.05, 4.69) is 5.32 Å². The van der Waals surface area contributed by atoms with Crippen molar-refractivity contribution in [1.29, 1.82) is 0 Å². The Kier molecular flexibility index (Phi) is 4.16. The van der Waals surface area contributed by atoms with E-state index in [1.807, 2.05) is 24.3 Å². The van der Waals surface area contributed by atoms with Gasteiger partial charge in [-0.3, -0.25) is 19.7 Å². The lowest BCUT2D eigenvalue weighted by Gasteiger charge is -2.40. The fourth-order valence-electron chi connectivity index (χ4n) is 2.99. The number of rotatable bonds is 4. The van der Waals surface area contributed by atoms with Crippen LogP contribution in [0.5, 0.6) is 0 Å². The van der Waals surface area contributed by atoms with Crippen molar-refractivity contribution in [2.45, 2.75) is 19.3 Å². The first-order valence-electron chi connectivity index (χ1n) is 7.38. The highest BCUT2D eigenvalue weighted by Crippen LogP contribution is 2.26. The molecule has 22 heavy (non-hydrogen) atoms. The van der Waals surface area contributed by atoms with Gasteiger partial charge < -0.3 is 4.90 Å². The highest BCUT2D eigenvalue weighted by Gasteiger charge is 2.36. The third kappa shape index (κ3) is 3.14. The average molecular weight is 321 g/mol. The number of likely N-dealkylation sites (tertiary alicyclic amines) is 1. The summed E-state index contributed by atoms with van der Waals surface area (Å²) in [6, 6.07) is 7.73. The zero-order valence-electron chi connectivity index (χ0n) is 12.0. The van der Waals surface area contributed by atoms with Gasteiger partial charge in [-0.15, -0.1) is 0 Å². The Balaban J connectivity index is 1.47. The molecule has 3 rings (SSSR count). The molecule has 0 spiro atoms. The van der Waals surface area contributed by atoms with Gasteiger partial charge in [0.2, 0.25) is 17.7 Å². The Morgan fingerprint density at radius 1 is 1.27 bits per heavy atom. The van der Waals surface area contributed by atoms with Crippen LogP contribution in [0.3, 0.4) is 0 Å². The molecular formula is C16H17ClN2O3. The Morgan fingerprint density at radius 2 is 2.00 bits per heavy atom. The fourth-order valence-corrected chi connectivity index (χ4v) is 3.20. The van der Waals surface area contributed by atoms with Crippen molar-refractivity contribution in [3.63, 3.8) is 0 Å². The molecule has 2 heterocycles. The van der Waals surface area contributed by atoms with Crippen molar-refractivity contribution < 1.29 is 14.4 Å². The van der Waals surface area contributed by atoms with Gasteiger partial charge in [-0.1, -0.05) is 29.8 Å². The topological polar surface area (TPSA) is 66.5 Å². The molecule has 1 aromatic rings. The van der Waals surface area contributed by atoms with Gasteiger partial charge in [-0.2, -0.15) is 0 Å². The summed E-state index contributed by atoms with van der Waals surface area (Å²) in [6.45, 7) is 1.37. The normalized spacial score (nSPS) is 21.7. The van der Waals surface area contributed by atoms with E-state index in [0.717, 1.165) is 17.0 Å². The summed E-state index contributed by atoms with van der Waals surface area (Å²) in [5, 5.41) is 2.99. The van der Waals surface area contributed by atoms with Crippen LogP contribution in [0.4, 0.5) is 0 Å². The van der Waals surface area contributed by atoms with Gasteiger partial charge in [-0.05, 0) is 24.0 Å². The van der Waals surface area contributed by atoms with Gasteiger partial charge in [0.1, 0.15) is 0 Å². The standard InChI is InChI=1S/C16H17ClN2O3/c17-13-4-2-1-3-11(13)5-10-8-19(9-10)15(21)7-12-6-14(20)18-16(12)22/h1-4,10,12H,5-9H2,(H,18,20,22). The van der Waals surface area contributed by atoms with Gasteiger partial charge in [0.15, 0.2) is 0 Å². The number of imide groups is 1. The van der Waals surface area contributed by atoms with Crippen LogP contribution in [-0.4, -0.2) is 35.7 Å². The minimum Gasteiger partial charge on any atom is -0.342 e. The Morgan fingerprint density at radius 3 is 2.64 bits per heavy atom. The maximum absolute atomic E-state index is 12.1. The van der Waals surface area contributed by atoms with Crippen LogP contribution in [-0.2, 0) is 20.8 Å². The minimum absolute atomic E-state index is 0.0507. The maximum Gasteiger partial charge on any atom is 0.230 e. The van der Waals surface area contributed by atoms with Crippen LogP contribution in [0.1, 0.15) is 18.4 Å². The molecule has 6 heteroatoms. The number of halogens is 1. The van der Waals surface area contributed by atoms with Crippen LogP contribution < -0.4 is 5.32 Å². The van der Waals surface area contributed by atoms with E-state index >= 15 is 0 Å². The lowest BCUT2D eigenvalue weighted by atomic mass is 9.91. The van der Waals surface area contributed by atoms with Gasteiger partial charge in [0, 0.05) is 31.0 Å². The summed E-state index contributed by atoms with van der Waals surface area (Å²) in [5.74, 6) is -0.759. The monoisotopic (exact) mass is 320 g/mol.